The van der Waals surface area contributed by atoms with Crippen LogP contribution in [0, 0.1) is 6.92 Å². The molecule has 0 radical (unpaired) electrons. The number of nitrogens with one attached hydrogen (secondary N) is 1. The number of amides is 1. The number of carbonyl (C=O) groups is 1. The first-order valence-electron chi connectivity index (χ1n) is 8.04. The van der Waals surface area contributed by atoms with E-state index in [1.165, 1.54) is 0 Å². The fourth-order valence-electron chi connectivity index (χ4n) is 3.19. The molecule has 0 saturated heterocycles. The molecule has 3 rings (SSSR count). The first kappa shape index (κ1) is 16.1. The van der Waals surface area contributed by atoms with E-state index in [9.17, 15) is 9.90 Å². The summed E-state index contributed by atoms with van der Waals surface area (Å²) < 4.78 is 0. The number of thiazole rings is 1. The minimum Gasteiger partial charge on any atom is -0.394 e. The quantitative estimate of drug-likeness (QED) is 0.885. The lowest BCUT2D eigenvalue weighted by Gasteiger charge is -2.28. The van der Waals surface area contributed by atoms with Crippen LogP contribution in [0.2, 0.25) is 0 Å². The molecule has 1 amide bonds. The number of carbonyl (C=O) groups excluding carboxylic acids is 1. The van der Waals surface area contributed by atoms with E-state index in [1.807, 2.05) is 36.6 Å². The van der Waals surface area contributed by atoms with Gasteiger partial charge < -0.3 is 10.4 Å². The van der Waals surface area contributed by atoms with Crippen molar-refractivity contribution in [2.75, 3.05) is 6.61 Å². The van der Waals surface area contributed by atoms with E-state index in [2.05, 4.69) is 10.3 Å². The zero-order valence-electron chi connectivity index (χ0n) is 13.3. The number of aliphatic hydroxyl groups excluding tert-OH is 1. The Morgan fingerprint density at radius 1 is 1.30 bits per heavy atom. The Morgan fingerprint density at radius 2 is 2.00 bits per heavy atom. The molecule has 2 N–H and O–H groups in total. The van der Waals surface area contributed by atoms with Crippen molar-refractivity contribution in [2.45, 2.75) is 44.6 Å². The van der Waals surface area contributed by atoms with Crippen molar-refractivity contribution in [1.29, 1.82) is 0 Å². The predicted molar refractivity (Wildman–Crippen MR) is 92.4 cm³/mol. The third kappa shape index (κ3) is 3.79. The molecule has 5 heteroatoms. The van der Waals surface area contributed by atoms with E-state index >= 15 is 0 Å². The molecule has 0 spiro atoms. The van der Waals surface area contributed by atoms with Crippen LogP contribution in [0.15, 0.2) is 29.6 Å². The van der Waals surface area contributed by atoms with Crippen LogP contribution in [0.25, 0.3) is 11.3 Å². The van der Waals surface area contributed by atoms with Gasteiger partial charge in [-0.3, -0.25) is 4.79 Å². The third-order valence-electron chi connectivity index (χ3n) is 4.50. The first-order chi connectivity index (χ1) is 11.1. The molecule has 0 atom stereocenters. The second kappa shape index (κ2) is 6.81. The Kier molecular flexibility index (Phi) is 4.78. The smallest absolute Gasteiger partial charge is 0.224 e. The van der Waals surface area contributed by atoms with Crippen molar-refractivity contribution < 1.29 is 9.90 Å². The van der Waals surface area contributed by atoms with Gasteiger partial charge in [-0.05, 0) is 25.3 Å². The minimum atomic E-state index is -0.394. The maximum absolute atomic E-state index is 12.3. The maximum atomic E-state index is 12.3. The van der Waals surface area contributed by atoms with Gasteiger partial charge >= 0.3 is 0 Å². The SMILES string of the molecule is Cc1nc(-c2ccc(CC(=O)NC3(CO)CCCC3)cc2)cs1. The van der Waals surface area contributed by atoms with Crippen molar-refractivity contribution >= 4 is 17.2 Å². The van der Waals surface area contributed by atoms with Crippen LogP contribution in [0.4, 0.5) is 0 Å². The molecular weight excluding hydrogens is 308 g/mol. The van der Waals surface area contributed by atoms with Crippen molar-refractivity contribution in [2.24, 2.45) is 0 Å². The number of nitrogens with zero attached hydrogens (tertiary/aromatic N) is 1. The van der Waals surface area contributed by atoms with Crippen LogP contribution in [-0.2, 0) is 11.2 Å². The third-order valence-corrected chi connectivity index (χ3v) is 5.27. The highest BCUT2D eigenvalue weighted by atomic mass is 32.1. The summed E-state index contributed by atoms with van der Waals surface area (Å²) in [5.41, 5.74) is 2.63. The van der Waals surface area contributed by atoms with Crippen LogP contribution in [-0.4, -0.2) is 28.1 Å². The molecular formula is C18H22N2O2S. The Labute approximate surface area is 140 Å². The molecule has 122 valence electrons. The summed E-state index contributed by atoms with van der Waals surface area (Å²) in [5, 5.41) is 15.7. The van der Waals surface area contributed by atoms with Gasteiger partial charge in [-0.15, -0.1) is 11.3 Å². The Morgan fingerprint density at radius 3 is 2.57 bits per heavy atom. The summed E-state index contributed by atoms with van der Waals surface area (Å²) in [6.07, 6.45) is 4.23. The fourth-order valence-corrected chi connectivity index (χ4v) is 3.81. The number of benzene rings is 1. The predicted octanol–water partition coefficient (Wildman–Crippen LogP) is 3.08. The maximum Gasteiger partial charge on any atom is 0.224 e. The second-order valence-electron chi connectivity index (χ2n) is 6.32. The van der Waals surface area contributed by atoms with Crippen LogP contribution in [0.1, 0.15) is 36.3 Å². The van der Waals surface area contributed by atoms with Gasteiger partial charge in [-0.25, -0.2) is 4.98 Å². The molecule has 0 aliphatic heterocycles. The largest absolute Gasteiger partial charge is 0.394 e. The van der Waals surface area contributed by atoms with E-state index in [0.29, 0.717) is 6.42 Å². The van der Waals surface area contributed by atoms with Gasteiger partial charge in [0.2, 0.25) is 5.91 Å². The number of aryl methyl sites for hydroxylation is 1. The molecule has 2 aromatic rings. The zero-order chi connectivity index (χ0) is 16.3. The molecule has 1 aliphatic carbocycles. The summed E-state index contributed by atoms with van der Waals surface area (Å²) in [4.78, 5) is 16.7. The number of hydrogen-bond donors (Lipinski definition) is 2. The van der Waals surface area contributed by atoms with Crippen molar-refractivity contribution in [3.8, 4) is 11.3 Å². The van der Waals surface area contributed by atoms with E-state index in [1.54, 1.807) is 11.3 Å². The van der Waals surface area contributed by atoms with Crippen molar-refractivity contribution in [1.82, 2.24) is 10.3 Å². The van der Waals surface area contributed by atoms with Crippen molar-refractivity contribution in [3.05, 3.63) is 40.2 Å². The molecule has 23 heavy (non-hydrogen) atoms. The molecule has 0 unspecified atom stereocenters. The highest BCUT2D eigenvalue weighted by Gasteiger charge is 2.34. The molecule has 4 nitrogen and oxygen atoms in total. The van der Waals surface area contributed by atoms with Gasteiger partial charge in [0.25, 0.3) is 0 Å². The van der Waals surface area contributed by atoms with Crippen LogP contribution >= 0.6 is 11.3 Å². The molecule has 1 aromatic carbocycles. The lowest BCUT2D eigenvalue weighted by molar-refractivity contribution is -0.122. The normalized spacial score (nSPS) is 16.4. The fraction of sp³-hybridized carbons (Fsp3) is 0.444. The van der Waals surface area contributed by atoms with E-state index < -0.39 is 5.54 Å². The molecule has 1 aromatic heterocycles. The van der Waals surface area contributed by atoms with Gasteiger partial charge in [-0.2, -0.15) is 0 Å². The lowest BCUT2D eigenvalue weighted by atomic mass is 9.98. The van der Waals surface area contributed by atoms with E-state index in [-0.39, 0.29) is 12.5 Å². The Hall–Kier alpha value is -1.72. The summed E-state index contributed by atoms with van der Waals surface area (Å²) in [6, 6.07) is 7.97. The molecule has 1 saturated carbocycles. The number of hydrogen-bond acceptors (Lipinski definition) is 4. The van der Waals surface area contributed by atoms with Gasteiger partial charge in [0.1, 0.15) is 0 Å². The number of aliphatic hydroxyl groups is 1. The van der Waals surface area contributed by atoms with E-state index in [4.69, 9.17) is 0 Å². The van der Waals surface area contributed by atoms with Gasteiger partial charge in [-0.1, -0.05) is 37.1 Å². The highest BCUT2D eigenvalue weighted by Crippen LogP contribution is 2.29. The topological polar surface area (TPSA) is 62.2 Å². The summed E-state index contributed by atoms with van der Waals surface area (Å²) >= 11 is 1.63. The molecule has 1 aliphatic rings. The molecule has 1 heterocycles. The van der Waals surface area contributed by atoms with Gasteiger partial charge in [0.05, 0.1) is 29.3 Å². The molecule has 0 bridgehead atoms. The van der Waals surface area contributed by atoms with Gasteiger partial charge in [0, 0.05) is 10.9 Å². The number of aromatic nitrogens is 1. The summed E-state index contributed by atoms with van der Waals surface area (Å²) in [5.74, 6) is -0.0156. The molecule has 1 fully saturated rings. The Bertz CT molecular complexity index is 673. The first-order valence-corrected chi connectivity index (χ1v) is 8.91. The standard InChI is InChI=1S/C18H22N2O2S/c1-13-19-16(11-23-13)15-6-4-14(5-7-15)10-17(22)20-18(12-21)8-2-3-9-18/h4-7,11,21H,2-3,8-10,12H2,1H3,(H,20,22). The minimum absolute atomic E-state index is 0.0156. The lowest BCUT2D eigenvalue weighted by Crippen LogP contribution is -2.49. The zero-order valence-corrected chi connectivity index (χ0v) is 14.2. The van der Waals surface area contributed by atoms with Crippen LogP contribution < -0.4 is 5.32 Å². The monoisotopic (exact) mass is 330 g/mol. The second-order valence-corrected chi connectivity index (χ2v) is 7.38. The summed E-state index contributed by atoms with van der Waals surface area (Å²) in [7, 11) is 0. The Balaban J connectivity index is 1.63. The van der Waals surface area contributed by atoms with E-state index in [0.717, 1.165) is 47.5 Å². The van der Waals surface area contributed by atoms with Crippen molar-refractivity contribution in [3.63, 3.8) is 0 Å². The highest BCUT2D eigenvalue weighted by molar-refractivity contribution is 7.09. The average Bonchev–Trinajstić information content (AvgIpc) is 3.18. The summed E-state index contributed by atoms with van der Waals surface area (Å²) in [6.45, 7) is 2.02. The average molecular weight is 330 g/mol. The number of rotatable bonds is 5. The van der Waals surface area contributed by atoms with Gasteiger partial charge in [0.15, 0.2) is 0 Å². The van der Waals surface area contributed by atoms with Crippen LogP contribution in [0.5, 0.6) is 0 Å². The van der Waals surface area contributed by atoms with Crippen LogP contribution in [0.3, 0.4) is 0 Å².